The number of carboxylic acid groups (broad SMARTS) is 1. The Morgan fingerprint density at radius 3 is 2.50 bits per heavy atom. The molecule has 0 unspecified atom stereocenters. The molecular weight excluding hydrogens is 234 g/mol. The van der Waals surface area contributed by atoms with E-state index in [0.29, 0.717) is 12.2 Å². The molecule has 0 aliphatic rings. The number of hydrogen-bond donors (Lipinski definition) is 3. The minimum atomic E-state index is -0.923. The Balaban J connectivity index is 2.36. The second-order valence-corrected chi connectivity index (χ2v) is 3.97. The predicted octanol–water partition coefficient (Wildman–Crippen LogP) is 0.885. The summed E-state index contributed by atoms with van der Waals surface area (Å²) in [6, 6.07) is 6.87. The van der Waals surface area contributed by atoms with Gasteiger partial charge in [-0.05, 0) is 17.7 Å². The third-order valence-electron chi connectivity index (χ3n) is 2.43. The zero-order valence-electron chi connectivity index (χ0n) is 10.2. The summed E-state index contributed by atoms with van der Waals surface area (Å²) in [5.41, 5.74) is 7.15. The van der Waals surface area contributed by atoms with Crippen LogP contribution in [0.15, 0.2) is 24.3 Å². The van der Waals surface area contributed by atoms with Gasteiger partial charge >= 0.3 is 12.0 Å². The van der Waals surface area contributed by atoms with Crippen molar-refractivity contribution in [1.29, 1.82) is 0 Å². The zero-order valence-corrected chi connectivity index (χ0v) is 10.2. The van der Waals surface area contributed by atoms with Crippen LogP contribution < -0.4 is 11.1 Å². The molecule has 0 aliphatic heterocycles. The van der Waals surface area contributed by atoms with Gasteiger partial charge < -0.3 is 21.1 Å². The number of urea groups is 1. The number of nitrogen functional groups attached to an aromatic ring is 1. The van der Waals surface area contributed by atoms with Crippen molar-refractivity contribution in [3.63, 3.8) is 0 Å². The average Bonchev–Trinajstić information content (AvgIpc) is 2.34. The lowest BCUT2D eigenvalue weighted by Gasteiger charge is -2.16. The quantitative estimate of drug-likeness (QED) is 0.677. The molecule has 6 heteroatoms. The molecule has 4 N–H and O–H groups in total. The topological polar surface area (TPSA) is 95.7 Å². The van der Waals surface area contributed by atoms with E-state index in [2.05, 4.69) is 5.32 Å². The minimum absolute atomic E-state index is 0.0637. The number of rotatable bonds is 5. The molecule has 0 bridgehead atoms. The predicted molar refractivity (Wildman–Crippen MR) is 68.0 cm³/mol. The van der Waals surface area contributed by atoms with Crippen LogP contribution in [0.25, 0.3) is 0 Å². The van der Waals surface area contributed by atoms with Gasteiger partial charge in [0, 0.05) is 25.8 Å². The van der Waals surface area contributed by atoms with E-state index in [4.69, 9.17) is 10.8 Å². The summed E-state index contributed by atoms with van der Waals surface area (Å²) in [5.74, 6) is -0.923. The first-order valence-electron chi connectivity index (χ1n) is 5.54. The lowest BCUT2D eigenvalue weighted by molar-refractivity contribution is -0.137. The molecule has 0 atom stereocenters. The molecule has 98 valence electrons. The van der Waals surface area contributed by atoms with Gasteiger partial charge in [0.2, 0.25) is 0 Å². The maximum Gasteiger partial charge on any atom is 0.317 e. The molecular formula is C12H17N3O3. The molecule has 0 spiro atoms. The van der Waals surface area contributed by atoms with Gasteiger partial charge in [0.15, 0.2) is 0 Å². The number of amides is 2. The summed E-state index contributed by atoms with van der Waals surface area (Å²) in [7, 11) is 1.56. The first-order valence-corrected chi connectivity index (χ1v) is 5.54. The van der Waals surface area contributed by atoms with E-state index in [1.165, 1.54) is 4.90 Å². The monoisotopic (exact) mass is 251 g/mol. The number of nitrogens with one attached hydrogen (secondary N) is 1. The highest BCUT2D eigenvalue weighted by Crippen LogP contribution is 2.05. The highest BCUT2D eigenvalue weighted by atomic mass is 16.4. The molecule has 1 rings (SSSR count). The summed E-state index contributed by atoms with van der Waals surface area (Å²) < 4.78 is 0. The van der Waals surface area contributed by atoms with Crippen LogP contribution in [-0.4, -0.2) is 35.6 Å². The van der Waals surface area contributed by atoms with Crippen LogP contribution >= 0.6 is 0 Å². The molecule has 1 aromatic rings. The Morgan fingerprint density at radius 2 is 1.94 bits per heavy atom. The van der Waals surface area contributed by atoms with E-state index in [9.17, 15) is 9.59 Å². The van der Waals surface area contributed by atoms with E-state index < -0.39 is 5.97 Å². The summed E-state index contributed by atoms with van der Waals surface area (Å²) >= 11 is 0. The SMILES string of the molecule is CN(CCC(=O)O)C(=O)NCc1ccc(N)cc1. The van der Waals surface area contributed by atoms with Crippen molar-refractivity contribution in [3.05, 3.63) is 29.8 Å². The lowest BCUT2D eigenvalue weighted by Crippen LogP contribution is -2.37. The van der Waals surface area contributed by atoms with Crippen molar-refractivity contribution >= 4 is 17.7 Å². The Bertz CT molecular complexity index is 417. The molecule has 0 saturated carbocycles. The molecule has 0 aromatic heterocycles. The van der Waals surface area contributed by atoms with Gasteiger partial charge in [-0.25, -0.2) is 4.79 Å². The second-order valence-electron chi connectivity index (χ2n) is 3.97. The van der Waals surface area contributed by atoms with Crippen LogP contribution in [0.4, 0.5) is 10.5 Å². The van der Waals surface area contributed by atoms with E-state index in [1.807, 2.05) is 12.1 Å². The number of aliphatic carboxylic acids is 1. The van der Waals surface area contributed by atoms with Gasteiger partial charge in [-0.2, -0.15) is 0 Å². The van der Waals surface area contributed by atoms with E-state index in [-0.39, 0.29) is 19.0 Å². The fraction of sp³-hybridized carbons (Fsp3) is 0.333. The number of carbonyl (C=O) groups excluding carboxylic acids is 1. The van der Waals surface area contributed by atoms with Gasteiger partial charge in [0.25, 0.3) is 0 Å². The van der Waals surface area contributed by atoms with Crippen molar-refractivity contribution in [2.75, 3.05) is 19.3 Å². The number of nitrogens with two attached hydrogens (primary N) is 1. The number of anilines is 1. The average molecular weight is 251 g/mol. The van der Waals surface area contributed by atoms with Gasteiger partial charge in [-0.15, -0.1) is 0 Å². The molecule has 6 nitrogen and oxygen atoms in total. The van der Waals surface area contributed by atoms with Crippen LogP contribution in [0.2, 0.25) is 0 Å². The molecule has 18 heavy (non-hydrogen) atoms. The minimum Gasteiger partial charge on any atom is -0.481 e. The number of carbonyl (C=O) groups is 2. The number of hydrogen-bond acceptors (Lipinski definition) is 3. The fourth-order valence-corrected chi connectivity index (χ4v) is 1.31. The van der Waals surface area contributed by atoms with Gasteiger partial charge in [0.05, 0.1) is 6.42 Å². The Hall–Kier alpha value is -2.24. The summed E-state index contributed by atoms with van der Waals surface area (Å²) in [5, 5.41) is 11.2. The first-order chi connectivity index (χ1) is 8.49. The second kappa shape index (κ2) is 6.48. The molecule has 0 aliphatic carbocycles. The van der Waals surface area contributed by atoms with Gasteiger partial charge in [-0.1, -0.05) is 12.1 Å². The van der Waals surface area contributed by atoms with Gasteiger partial charge in [0.1, 0.15) is 0 Å². The molecule has 0 heterocycles. The third-order valence-corrected chi connectivity index (χ3v) is 2.43. The first kappa shape index (κ1) is 13.8. The number of nitrogens with zero attached hydrogens (tertiary/aromatic N) is 1. The van der Waals surface area contributed by atoms with E-state index in [1.54, 1.807) is 19.2 Å². The van der Waals surface area contributed by atoms with Crippen LogP contribution in [-0.2, 0) is 11.3 Å². The van der Waals surface area contributed by atoms with Gasteiger partial charge in [-0.3, -0.25) is 4.79 Å². The fourth-order valence-electron chi connectivity index (χ4n) is 1.31. The largest absolute Gasteiger partial charge is 0.481 e. The Morgan fingerprint density at radius 1 is 1.33 bits per heavy atom. The molecule has 0 radical (unpaired) electrons. The molecule has 2 amide bonds. The Labute approximate surface area is 105 Å². The Kier molecular flexibility index (Phi) is 4.98. The van der Waals surface area contributed by atoms with Crippen molar-refractivity contribution in [2.45, 2.75) is 13.0 Å². The maximum atomic E-state index is 11.6. The molecule has 1 aromatic carbocycles. The van der Waals surface area contributed by atoms with Crippen molar-refractivity contribution in [2.24, 2.45) is 0 Å². The smallest absolute Gasteiger partial charge is 0.317 e. The summed E-state index contributed by atoms with van der Waals surface area (Å²) in [4.78, 5) is 23.3. The summed E-state index contributed by atoms with van der Waals surface area (Å²) in [6.45, 7) is 0.569. The molecule has 0 saturated heterocycles. The number of benzene rings is 1. The van der Waals surface area contributed by atoms with Crippen molar-refractivity contribution < 1.29 is 14.7 Å². The standard InChI is InChI=1S/C12H17N3O3/c1-15(7-6-11(16)17)12(18)14-8-9-2-4-10(13)5-3-9/h2-5H,6-8,13H2,1H3,(H,14,18)(H,16,17). The van der Waals surface area contributed by atoms with Crippen molar-refractivity contribution in [1.82, 2.24) is 10.2 Å². The third kappa shape index (κ3) is 4.73. The molecule has 0 fully saturated rings. The highest BCUT2D eigenvalue weighted by Gasteiger charge is 2.09. The zero-order chi connectivity index (χ0) is 13.5. The van der Waals surface area contributed by atoms with E-state index >= 15 is 0 Å². The van der Waals surface area contributed by atoms with Crippen LogP contribution in [0.5, 0.6) is 0 Å². The number of carboxylic acids is 1. The highest BCUT2D eigenvalue weighted by molar-refractivity contribution is 5.75. The van der Waals surface area contributed by atoms with E-state index in [0.717, 1.165) is 5.56 Å². The van der Waals surface area contributed by atoms with Crippen LogP contribution in [0, 0.1) is 0 Å². The lowest BCUT2D eigenvalue weighted by atomic mass is 10.2. The van der Waals surface area contributed by atoms with Crippen LogP contribution in [0.1, 0.15) is 12.0 Å². The normalized spacial score (nSPS) is 9.83. The maximum absolute atomic E-state index is 11.6. The van der Waals surface area contributed by atoms with Crippen molar-refractivity contribution in [3.8, 4) is 0 Å². The summed E-state index contributed by atoms with van der Waals surface area (Å²) in [6.07, 6.45) is -0.0637. The van der Waals surface area contributed by atoms with Crippen LogP contribution in [0.3, 0.4) is 0 Å².